The number of cyclic esters (lactones) is 1. The number of nitrogens with zero attached hydrogens (tertiary/aromatic N) is 1. The zero-order valence-corrected chi connectivity index (χ0v) is 20.1. The maximum atomic E-state index is 12.4. The molecule has 1 aliphatic rings. The molecule has 1 aromatic carbocycles. The number of ether oxygens (including phenoxy) is 2. The largest absolute Gasteiger partial charge is 0.479 e. The van der Waals surface area contributed by atoms with Gasteiger partial charge in [0.1, 0.15) is 5.75 Å². The summed E-state index contributed by atoms with van der Waals surface area (Å²) in [4.78, 5) is 29.3. The zero-order chi connectivity index (χ0) is 23.2. The second-order valence-electron chi connectivity index (χ2n) is 8.39. The Balaban J connectivity index is 1.87. The van der Waals surface area contributed by atoms with Crippen LogP contribution in [0.2, 0.25) is 5.02 Å². The number of hydrogen-bond donors (Lipinski definition) is 0. The Hall–Kier alpha value is -2.08. The van der Waals surface area contributed by atoms with Crippen LogP contribution in [-0.2, 0) is 19.2 Å². The van der Waals surface area contributed by atoms with Crippen molar-refractivity contribution in [3.63, 3.8) is 0 Å². The van der Waals surface area contributed by atoms with Crippen LogP contribution in [0.5, 0.6) is 5.75 Å². The average molecular weight is 466 g/mol. The molecule has 0 amide bonds. The highest BCUT2D eigenvalue weighted by Gasteiger charge is 2.18. The highest BCUT2D eigenvalue weighted by atomic mass is 35.5. The third-order valence-corrected chi connectivity index (χ3v) is 5.93. The van der Waals surface area contributed by atoms with E-state index in [4.69, 9.17) is 25.9 Å². The fourth-order valence-electron chi connectivity index (χ4n) is 3.54. The van der Waals surface area contributed by atoms with Gasteiger partial charge in [-0.15, -0.1) is 0 Å². The summed E-state index contributed by atoms with van der Waals surface area (Å²) < 4.78 is 11.0. The lowest BCUT2D eigenvalue weighted by Crippen LogP contribution is -2.25. The number of oxime groups is 1. The van der Waals surface area contributed by atoms with Crippen molar-refractivity contribution in [2.75, 3.05) is 6.61 Å². The number of carbonyl (C=O) groups excluding carboxylic acids is 2. The molecule has 0 aromatic heterocycles. The lowest BCUT2D eigenvalue weighted by atomic mass is 10.0. The van der Waals surface area contributed by atoms with Crippen LogP contribution >= 0.6 is 11.6 Å². The summed E-state index contributed by atoms with van der Waals surface area (Å²) in [6.07, 6.45) is 10.7. The molecule has 1 unspecified atom stereocenters. The number of aryl methyl sites for hydroxylation is 1. The van der Waals surface area contributed by atoms with E-state index in [9.17, 15) is 9.59 Å². The number of hydrogen-bond acceptors (Lipinski definition) is 6. The van der Waals surface area contributed by atoms with Crippen LogP contribution in [-0.4, -0.2) is 30.4 Å². The van der Waals surface area contributed by atoms with Crippen LogP contribution in [0.4, 0.5) is 0 Å². The van der Waals surface area contributed by atoms with E-state index in [-0.39, 0.29) is 5.97 Å². The molecule has 0 aliphatic carbocycles. The van der Waals surface area contributed by atoms with Gasteiger partial charge in [-0.1, -0.05) is 55.3 Å². The molecule has 0 bridgehead atoms. The fraction of sp³-hybridized carbons (Fsp3) is 0.640. The molecule has 0 spiro atoms. The van der Waals surface area contributed by atoms with E-state index in [1.54, 1.807) is 25.1 Å². The number of benzene rings is 1. The first-order valence-electron chi connectivity index (χ1n) is 11.8. The first-order valence-corrected chi connectivity index (χ1v) is 12.2. The molecule has 1 aliphatic heterocycles. The first kappa shape index (κ1) is 26.2. The summed E-state index contributed by atoms with van der Waals surface area (Å²) in [5.74, 6) is -0.135. The predicted molar refractivity (Wildman–Crippen MR) is 126 cm³/mol. The molecule has 1 aromatic rings. The smallest absolute Gasteiger partial charge is 0.374 e. The van der Waals surface area contributed by atoms with E-state index in [1.165, 1.54) is 25.7 Å². The van der Waals surface area contributed by atoms with Gasteiger partial charge < -0.3 is 14.3 Å². The molecule has 1 saturated heterocycles. The van der Waals surface area contributed by atoms with Gasteiger partial charge in [-0.05, 0) is 69.7 Å². The molecule has 1 atom stereocenters. The summed E-state index contributed by atoms with van der Waals surface area (Å²) in [7, 11) is 0. The molecule has 2 rings (SSSR count). The molecule has 0 N–H and O–H groups in total. The van der Waals surface area contributed by atoms with Crippen molar-refractivity contribution in [1.82, 2.24) is 0 Å². The highest BCUT2D eigenvalue weighted by molar-refractivity contribution is 6.31. The third-order valence-electron chi connectivity index (χ3n) is 5.51. The molecule has 6 nitrogen and oxygen atoms in total. The number of rotatable bonds is 4. The minimum Gasteiger partial charge on any atom is -0.479 e. The molecule has 0 radical (unpaired) electrons. The van der Waals surface area contributed by atoms with E-state index in [2.05, 4.69) is 5.16 Å². The normalized spacial score (nSPS) is 19.7. The van der Waals surface area contributed by atoms with Gasteiger partial charge in [0.05, 0.1) is 12.3 Å². The van der Waals surface area contributed by atoms with Crippen LogP contribution < -0.4 is 4.74 Å². The predicted octanol–water partition coefficient (Wildman–Crippen LogP) is 6.55. The van der Waals surface area contributed by atoms with Crippen molar-refractivity contribution in [2.24, 2.45) is 5.16 Å². The number of carbonyl (C=O) groups is 2. The summed E-state index contributed by atoms with van der Waals surface area (Å²) in [5, 5.41) is 4.77. The maximum Gasteiger partial charge on any atom is 0.374 e. The minimum absolute atomic E-state index is 0.134. The van der Waals surface area contributed by atoms with Crippen molar-refractivity contribution in [3.8, 4) is 5.75 Å². The summed E-state index contributed by atoms with van der Waals surface area (Å²) in [6.45, 7) is 3.87. The Morgan fingerprint density at radius 1 is 1.00 bits per heavy atom. The summed E-state index contributed by atoms with van der Waals surface area (Å²) in [6, 6.07) is 5.23. The number of esters is 1. The highest BCUT2D eigenvalue weighted by Crippen LogP contribution is 2.22. The van der Waals surface area contributed by atoms with Gasteiger partial charge in [0.2, 0.25) is 0 Å². The lowest BCUT2D eigenvalue weighted by molar-refractivity contribution is -0.151. The van der Waals surface area contributed by atoms with E-state index in [1.807, 2.05) is 6.92 Å². The van der Waals surface area contributed by atoms with Gasteiger partial charge in [0.25, 0.3) is 0 Å². The van der Waals surface area contributed by atoms with Crippen LogP contribution in [0.3, 0.4) is 0 Å². The standard InChI is InChI=1S/C25H36ClNO5/c1-19-18-22(15-16-23(19)26)31-20(2)25(29)32-27-21-12-9-7-5-3-4-6-8-10-14-24(28)30-17-11-13-21/h15-16,18,20H,3-14,17H2,1-2H3/b27-21+. The van der Waals surface area contributed by atoms with Crippen molar-refractivity contribution in [3.05, 3.63) is 28.8 Å². The molecular formula is C25H36ClNO5. The Labute approximate surface area is 196 Å². The zero-order valence-electron chi connectivity index (χ0n) is 19.4. The van der Waals surface area contributed by atoms with Crippen LogP contribution in [0.25, 0.3) is 0 Å². The quantitative estimate of drug-likeness (QED) is 0.286. The maximum absolute atomic E-state index is 12.4. The first-order chi connectivity index (χ1) is 15.5. The van der Waals surface area contributed by atoms with Gasteiger partial charge >= 0.3 is 11.9 Å². The molecular weight excluding hydrogens is 430 g/mol. The number of halogens is 1. The van der Waals surface area contributed by atoms with Gasteiger partial charge in [0.15, 0.2) is 6.10 Å². The second-order valence-corrected chi connectivity index (χ2v) is 8.80. The van der Waals surface area contributed by atoms with E-state index in [0.717, 1.165) is 43.4 Å². The summed E-state index contributed by atoms with van der Waals surface area (Å²) >= 11 is 6.03. The minimum atomic E-state index is -0.799. The van der Waals surface area contributed by atoms with Gasteiger partial charge in [-0.25, -0.2) is 4.79 Å². The molecule has 32 heavy (non-hydrogen) atoms. The van der Waals surface area contributed by atoms with Crippen LogP contribution in [0.15, 0.2) is 23.4 Å². The Morgan fingerprint density at radius 2 is 1.62 bits per heavy atom. The molecule has 1 heterocycles. The molecule has 7 heteroatoms. The third kappa shape index (κ3) is 10.5. The summed E-state index contributed by atoms with van der Waals surface area (Å²) in [5.41, 5.74) is 1.69. The van der Waals surface area contributed by atoms with E-state index >= 15 is 0 Å². The van der Waals surface area contributed by atoms with E-state index in [0.29, 0.717) is 36.6 Å². The van der Waals surface area contributed by atoms with Crippen molar-refractivity contribution in [1.29, 1.82) is 0 Å². The second kappa shape index (κ2) is 14.9. The Morgan fingerprint density at radius 3 is 2.31 bits per heavy atom. The Kier molecular flexibility index (Phi) is 12.2. The Bertz CT molecular complexity index is 765. The molecule has 0 saturated carbocycles. The van der Waals surface area contributed by atoms with Gasteiger partial charge in [-0.2, -0.15) is 0 Å². The fourth-order valence-corrected chi connectivity index (χ4v) is 3.65. The van der Waals surface area contributed by atoms with E-state index < -0.39 is 12.1 Å². The monoisotopic (exact) mass is 465 g/mol. The SMILES string of the molecule is Cc1cc(OC(C)C(=O)O/N=C2\CCCCCCCCCCC(=O)OCCC2)ccc1Cl. The van der Waals surface area contributed by atoms with Crippen LogP contribution in [0, 0.1) is 6.92 Å². The van der Waals surface area contributed by atoms with Crippen LogP contribution in [0.1, 0.15) is 89.5 Å². The van der Waals surface area contributed by atoms with Gasteiger partial charge in [0, 0.05) is 11.4 Å². The molecule has 1 fully saturated rings. The van der Waals surface area contributed by atoms with Crippen molar-refractivity contribution >= 4 is 29.3 Å². The average Bonchev–Trinajstić information content (AvgIpc) is 2.77. The topological polar surface area (TPSA) is 74.2 Å². The lowest BCUT2D eigenvalue weighted by Gasteiger charge is -2.13. The van der Waals surface area contributed by atoms with Crippen molar-refractivity contribution < 1.29 is 23.9 Å². The van der Waals surface area contributed by atoms with Crippen molar-refractivity contribution in [2.45, 2.75) is 97.0 Å². The van der Waals surface area contributed by atoms with Gasteiger partial charge in [-0.3, -0.25) is 4.79 Å². The molecule has 178 valence electrons.